The van der Waals surface area contributed by atoms with Gasteiger partial charge in [-0.3, -0.25) is 9.46 Å². The molecule has 0 N–H and O–H groups in total. The molecule has 1 saturated heterocycles. The fourth-order valence-corrected chi connectivity index (χ4v) is 5.16. The Morgan fingerprint density at radius 1 is 1.13 bits per heavy atom. The van der Waals surface area contributed by atoms with Crippen molar-refractivity contribution in [2.75, 3.05) is 19.8 Å². The average Bonchev–Trinajstić information content (AvgIpc) is 3.35. The van der Waals surface area contributed by atoms with E-state index in [2.05, 4.69) is 48.2 Å². The highest BCUT2D eigenvalue weighted by molar-refractivity contribution is 7.55. The van der Waals surface area contributed by atoms with Crippen LogP contribution in [0.1, 0.15) is 32.4 Å². The summed E-state index contributed by atoms with van der Waals surface area (Å²) in [4.78, 5) is 2.19. The van der Waals surface area contributed by atoms with Gasteiger partial charge in [-0.25, -0.2) is 0 Å². The highest BCUT2D eigenvalue weighted by Crippen LogP contribution is 2.61. The summed E-state index contributed by atoms with van der Waals surface area (Å²) in [6.45, 7) is 7.42. The van der Waals surface area contributed by atoms with Gasteiger partial charge in [0.2, 0.25) is 0 Å². The molecule has 2 aromatic rings. The monoisotopic (exact) mass is 333 g/mol. The molecule has 0 aliphatic carbocycles. The Kier molecular flexibility index (Phi) is 4.88. The van der Waals surface area contributed by atoms with E-state index < -0.39 is 7.60 Å². The van der Waals surface area contributed by atoms with Crippen LogP contribution < -0.4 is 0 Å². The summed E-state index contributed by atoms with van der Waals surface area (Å²) in [5.74, 6) is -0.121. The summed E-state index contributed by atoms with van der Waals surface area (Å²) in [6, 6.07) is 15.0. The van der Waals surface area contributed by atoms with Crippen LogP contribution in [0, 0.1) is 0 Å². The molecule has 23 heavy (non-hydrogen) atoms. The van der Waals surface area contributed by atoms with Crippen LogP contribution >= 0.6 is 7.60 Å². The van der Waals surface area contributed by atoms with Crippen LogP contribution in [0.2, 0.25) is 0 Å². The quantitative estimate of drug-likeness (QED) is 0.538. The molecule has 1 aliphatic heterocycles. The molecule has 0 spiro atoms. The van der Waals surface area contributed by atoms with E-state index in [9.17, 15) is 4.57 Å². The normalized spacial score (nSPS) is 22.2. The lowest BCUT2D eigenvalue weighted by atomic mass is 10.0. The van der Waals surface area contributed by atoms with E-state index in [1.165, 1.54) is 16.3 Å². The zero-order chi connectivity index (χ0) is 16.4. The Morgan fingerprint density at radius 3 is 2.43 bits per heavy atom. The first-order valence-electron chi connectivity index (χ1n) is 8.22. The van der Waals surface area contributed by atoms with Gasteiger partial charge in [0, 0.05) is 12.6 Å². The topological polar surface area (TPSA) is 38.5 Å². The van der Waals surface area contributed by atoms with Crippen molar-refractivity contribution < 1.29 is 13.6 Å². The second-order valence-electron chi connectivity index (χ2n) is 5.84. The molecular formula is C18H24NO3P. The van der Waals surface area contributed by atoms with E-state index in [1.807, 2.05) is 19.9 Å². The Bertz CT molecular complexity index is 723. The molecule has 0 saturated carbocycles. The third-order valence-electron chi connectivity index (χ3n) is 4.36. The third kappa shape index (κ3) is 3.36. The molecule has 2 aromatic carbocycles. The van der Waals surface area contributed by atoms with Crippen LogP contribution in [0.15, 0.2) is 42.5 Å². The van der Waals surface area contributed by atoms with Crippen molar-refractivity contribution in [3.63, 3.8) is 0 Å². The van der Waals surface area contributed by atoms with Gasteiger partial charge in [-0.05, 0) is 43.2 Å². The van der Waals surface area contributed by atoms with E-state index in [4.69, 9.17) is 9.05 Å². The number of nitrogens with zero attached hydrogens (tertiary/aromatic N) is 1. The molecule has 0 aromatic heterocycles. The van der Waals surface area contributed by atoms with Gasteiger partial charge < -0.3 is 9.05 Å². The van der Waals surface area contributed by atoms with Gasteiger partial charge in [-0.15, -0.1) is 0 Å². The molecule has 0 radical (unpaired) electrons. The molecule has 1 aliphatic rings. The Morgan fingerprint density at radius 2 is 1.78 bits per heavy atom. The molecule has 3 atom stereocenters. The van der Waals surface area contributed by atoms with Crippen LogP contribution in [0.3, 0.4) is 0 Å². The molecule has 1 heterocycles. The lowest BCUT2D eigenvalue weighted by Gasteiger charge is -2.20. The largest absolute Gasteiger partial charge is 0.348 e. The summed E-state index contributed by atoms with van der Waals surface area (Å²) < 4.78 is 23.8. The van der Waals surface area contributed by atoms with Gasteiger partial charge in [0.1, 0.15) is 5.78 Å². The predicted molar refractivity (Wildman–Crippen MR) is 93.7 cm³/mol. The minimum absolute atomic E-state index is 0.121. The first-order chi connectivity index (χ1) is 11.1. The van der Waals surface area contributed by atoms with Gasteiger partial charge in [0.05, 0.1) is 13.2 Å². The van der Waals surface area contributed by atoms with E-state index in [-0.39, 0.29) is 11.8 Å². The summed E-state index contributed by atoms with van der Waals surface area (Å²) in [6.07, 6.45) is 0. The first-order valence-corrected chi connectivity index (χ1v) is 9.83. The van der Waals surface area contributed by atoms with E-state index in [1.54, 1.807) is 0 Å². The standard InChI is InChI=1S/C18H24NO3P/c1-4-21-23(20,22-5-2)18-13-19(18)14(3)16-11-10-15-8-6-7-9-17(15)12-16/h6-12,14,18H,4-5,13H2,1-3H3/t14-,18-,19?/m1/s1. The third-order valence-corrected chi connectivity index (χ3v) is 6.79. The molecule has 0 amide bonds. The van der Waals surface area contributed by atoms with Crippen molar-refractivity contribution in [1.29, 1.82) is 0 Å². The Labute approximate surface area is 137 Å². The molecule has 1 unspecified atom stereocenters. The van der Waals surface area contributed by atoms with Crippen LogP contribution in [0.25, 0.3) is 10.8 Å². The Balaban J connectivity index is 1.78. The molecule has 1 fully saturated rings. The van der Waals surface area contributed by atoms with Crippen LogP contribution in [-0.2, 0) is 13.6 Å². The fraction of sp³-hybridized carbons (Fsp3) is 0.444. The molecule has 0 bridgehead atoms. The molecule has 3 rings (SSSR count). The van der Waals surface area contributed by atoms with Crippen LogP contribution in [0.4, 0.5) is 0 Å². The highest BCUT2D eigenvalue weighted by atomic mass is 31.2. The SMILES string of the molecule is CCOP(=O)(OCC)[C@@H]1CN1[C@H](C)c1ccc2ccccc2c1. The predicted octanol–water partition coefficient (Wildman–Crippen LogP) is 4.81. The number of benzene rings is 2. The fourth-order valence-electron chi connectivity index (χ4n) is 3.07. The van der Waals surface area contributed by atoms with Crippen molar-refractivity contribution in [2.45, 2.75) is 32.6 Å². The van der Waals surface area contributed by atoms with Crippen molar-refractivity contribution in [3.8, 4) is 0 Å². The van der Waals surface area contributed by atoms with Crippen LogP contribution in [0.5, 0.6) is 0 Å². The summed E-state index contributed by atoms with van der Waals surface area (Å²) >= 11 is 0. The first kappa shape index (κ1) is 16.7. The van der Waals surface area contributed by atoms with Crippen molar-refractivity contribution >= 4 is 18.4 Å². The number of fused-ring (bicyclic) bond motifs is 1. The second-order valence-corrected chi connectivity index (χ2v) is 8.03. The minimum Gasteiger partial charge on any atom is -0.308 e. The molecule has 4 nitrogen and oxygen atoms in total. The molecular weight excluding hydrogens is 309 g/mol. The summed E-state index contributed by atoms with van der Waals surface area (Å²) in [5.41, 5.74) is 1.23. The molecule has 124 valence electrons. The second kappa shape index (κ2) is 6.74. The van der Waals surface area contributed by atoms with Crippen molar-refractivity contribution in [1.82, 2.24) is 4.90 Å². The zero-order valence-electron chi connectivity index (χ0n) is 13.9. The number of rotatable bonds is 7. The smallest absolute Gasteiger partial charge is 0.308 e. The van der Waals surface area contributed by atoms with Gasteiger partial charge in [-0.1, -0.05) is 36.4 Å². The minimum atomic E-state index is -3.03. The average molecular weight is 333 g/mol. The van der Waals surface area contributed by atoms with Gasteiger partial charge in [-0.2, -0.15) is 0 Å². The molecule has 5 heteroatoms. The lowest BCUT2D eigenvalue weighted by molar-refractivity contribution is 0.212. The zero-order valence-corrected chi connectivity index (χ0v) is 14.8. The maximum atomic E-state index is 12.8. The highest BCUT2D eigenvalue weighted by Gasteiger charge is 2.53. The Hall–Kier alpha value is -1.19. The van der Waals surface area contributed by atoms with E-state index >= 15 is 0 Å². The van der Waals surface area contributed by atoms with Gasteiger partial charge >= 0.3 is 7.60 Å². The van der Waals surface area contributed by atoms with E-state index in [0.29, 0.717) is 13.2 Å². The number of hydrogen-bond acceptors (Lipinski definition) is 4. The maximum Gasteiger partial charge on any atom is 0.348 e. The van der Waals surface area contributed by atoms with Gasteiger partial charge in [0.15, 0.2) is 0 Å². The maximum absolute atomic E-state index is 12.8. The van der Waals surface area contributed by atoms with Gasteiger partial charge in [0.25, 0.3) is 0 Å². The van der Waals surface area contributed by atoms with E-state index in [0.717, 1.165) is 6.54 Å². The summed E-state index contributed by atoms with van der Waals surface area (Å²) in [7, 11) is -3.03. The van der Waals surface area contributed by atoms with Crippen molar-refractivity contribution in [2.24, 2.45) is 0 Å². The van der Waals surface area contributed by atoms with Crippen molar-refractivity contribution in [3.05, 3.63) is 48.0 Å². The summed E-state index contributed by atoms with van der Waals surface area (Å²) in [5, 5.41) is 2.47. The van der Waals surface area contributed by atoms with Crippen LogP contribution in [-0.4, -0.2) is 30.4 Å². The number of hydrogen-bond donors (Lipinski definition) is 0. The lowest BCUT2D eigenvalue weighted by Crippen LogP contribution is -2.11.